The minimum absolute atomic E-state index is 0.0723. The summed E-state index contributed by atoms with van der Waals surface area (Å²) in [6.07, 6.45) is 2.13. The molecule has 152 valence electrons. The van der Waals surface area contributed by atoms with Gasteiger partial charge in [0.25, 0.3) is 5.91 Å². The Labute approximate surface area is 169 Å². The lowest BCUT2D eigenvalue weighted by Gasteiger charge is -2.26. The smallest absolute Gasteiger partial charge is 0.251 e. The standard InChI is InChI=1S/C23H33N3O2/c1-6-7-16-28-21-14-10-19(11-15-21)23(27)24-17-22(26(4)5)18-8-12-20(13-9-18)25(2)3/h8-15,22H,6-7,16-17H2,1-5H3,(H,24,27)/t22-/m0/s1. The number of hydrogen-bond acceptors (Lipinski definition) is 4. The summed E-state index contributed by atoms with van der Waals surface area (Å²) < 4.78 is 5.65. The van der Waals surface area contributed by atoms with Crippen LogP contribution in [0.1, 0.15) is 41.7 Å². The van der Waals surface area contributed by atoms with Gasteiger partial charge in [-0.1, -0.05) is 25.5 Å². The Morgan fingerprint density at radius 2 is 1.64 bits per heavy atom. The van der Waals surface area contributed by atoms with Gasteiger partial charge in [-0.2, -0.15) is 0 Å². The minimum atomic E-state index is -0.0723. The molecule has 0 saturated carbocycles. The van der Waals surface area contributed by atoms with E-state index in [1.165, 1.54) is 5.56 Å². The van der Waals surface area contributed by atoms with E-state index in [0.29, 0.717) is 18.7 Å². The topological polar surface area (TPSA) is 44.8 Å². The van der Waals surface area contributed by atoms with Crippen LogP contribution in [0.25, 0.3) is 0 Å². The number of ether oxygens (including phenoxy) is 1. The van der Waals surface area contributed by atoms with Gasteiger partial charge in [0.05, 0.1) is 12.6 Å². The summed E-state index contributed by atoms with van der Waals surface area (Å²) in [6.45, 7) is 3.38. The molecule has 28 heavy (non-hydrogen) atoms. The number of benzene rings is 2. The highest BCUT2D eigenvalue weighted by Crippen LogP contribution is 2.21. The molecule has 0 aliphatic carbocycles. The number of amides is 1. The zero-order valence-electron chi connectivity index (χ0n) is 17.7. The van der Waals surface area contributed by atoms with Gasteiger partial charge in [-0.05, 0) is 62.5 Å². The summed E-state index contributed by atoms with van der Waals surface area (Å²) in [7, 11) is 8.11. The molecule has 0 aliphatic heterocycles. The predicted octanol–water partition coefficient (Wildman–Crippen LogP) is 3.96. The van der Waals surface area contributed by atoms with Crippen molar-refractivity contribution in [1.29, 1.82) is 0 Å². The van der Waals surface area contributed by atoms with E-state index in [-0.39, 0.29) is 11.9 Å². The molecule has 0 unspecified atom stereocenters. The highest BCUT2D eigenvalue weighted by Gasteiger charge is 2.16. The molecule has 0 bridgehead atoms. The van der Waals surface area contributed by atoms with Crippen LogP contribution >= 0.6 is 0 Å². The number of unbranched alkanes of at least 4 members (excludes halogenated alkanes) is 1. The van der Waals surface area contributed by atoms with Crippen LogP contribution in [-0.2, 0) is 0 Å². The van der Waals surface area contributed by atoms with Crippen LogP contribution < -0.4 is 15.0 Å². The summed E-state index contributed by atoms with van der Waals surface area (Å²) in [5, 5.41) is 3.06. The molecule has 0 aromatic heterocycles. The Morgan fingerprint density at radius 1 is 1.00 bits per heavy atom. The van der Waals surface area contributed by atoms with Crippen molar-refractivity contribution < 1.29 is 9.53 Å². The number of nitrogens with zero attached hydrogens (tertiary/aromatic N) is 2. The third kappa shape index (κ3) is 6.27. The molecule has 0 saturated heterocycles. The zero-order valence-corrected chi connectivity index (χ0v) is 17.7. The van der Waals surface area contributed by atoms with E-state index in [4.69, 9.17) is 4.74 Å². The van der Waals surface area contributed by atoms with Crippen molar-refractivity contribution >= 4 is 11.6 Å². The predicted molar refractivity (Wildman–Crippen MR) is 116 cm³/mol. The monoisotopic (exact) mass is 383 g/mol. The third-order valence-corrected chi connectivity index (χ3v) is 4.76. The lowest BCUT2D eigenvalue weighted by molar-refractivity contribution is 0.0942. The lowest BCUT2D eigenvalue weighted by atomic mass is 10.0. The molecule has 0 aliphatic rings. The molecule has 0 fully saturated rings. The number of anilines is 1. The van der Waals surface area contributed by atoms with Crippen molar-refractivity contribution in [3.05, 3.63) is 59.7 Å². The minimum Gasteiger partial charge on any atom is -0.494 e. The number of likely N-dealkylation sites (N-methyl/N-ethyl adjacent to an activating group) is 1. The van der Waals surface area contributed by atoms with Gasteiger partial charge in [0, 0.05) is 31.9 Å². The molecule has 2 aromatic rings. The van der Waals surface area contributed by atoms with Gasteiger partial charge in [-0.15, -0.1) is 0 Å². The normalized spacial score (nSPS) is 11.9. The van der Waals surface area contributed by atoms with E-state index >= 15 is 0 Å². The maximum atomic E-state index is 12.5. The molecule has 0 heterocycles. The summed E-state index contributed by atoms with van der Waals surface area (Å²) >= 11 is 0. The SMILES string of the molecule is CCCCOc1ccc(C(=O)NC[C@@H](c2ccc(N(C)C)cc2)N(C)C)cc1. The van der Waals surface area contributed by atoms with Gasteiger partial charge in [0.2, 0.25) is 0 Å². The Kier molecular flexibility index (Phi) is 8.33. The van der Waals surface area contributed by atoms with E-state index in [1.807, 2.05) is 52.5 Å². The fourth-order valence-corrected chi connectivity index (χ4v) is 2.92. The quantitative estimate of drug-likeness (QED) is 0.631. The van der Waals surface area contributed by atoms with E-state index in [1.54, 1.807) is 0 Å². The van der Waals surface area contributed by atoms with E-state index in [0.717, 1.165) is 24.3 Å². The van der Waals surface area contributed by atoms with Crippen molar-refractivity contribution in [2.75, 3.05) is 46.2 Å². The number of hydrogen-bond donors (Lipinski definition) is 1. The summed E-state index contributed by atoms with van der Waals surface area (Å²) in [4.78, 5) is 16.7. The third-order valence-electron chi connectivity index (χ3n) is 4.76. The second-order valence-electron chi connectivity index (χ2n) is 7.40. The van der Waals surface area contributed by atoms with Crippen molar-refractivity contribution in [3.8, 4) is 5.75 Å². The van der Waals surface area contributed by atoms with Crippen molar-refractivity contribution in [2.45, 2.75) is 25.8 Å². The van der Waals surface area contributed by atoms with E-state index in [9.17, 15) is 4.79 Å². The highest BCUT2D eigenvalue weighted by molar-refractivity contribution is 5.94. The van der Waals surface area contributed by atoms with Gasteiger partial charge in [-0.25, -0.2) is 0 Å². The maximum absolute atomic E-state index is 12.5. The van der Waals surface area contributed by atoms with Gasteiger partial charge in [-0.3, -0.25) is 4.79 Å². The second kappa shape index (κ2) is 10.7. The average Bonchev–Trinajstić information content (AvgIpc) is 2.69. The Morgan fingerprint density at radius 3 is 2.18 bits per heavy atom. The van der Waals surface area contributed by atoms with Crippen molar-refractivity contribution in [2.24, 2.45) is 0 Å². The first kappa shape index (κ1) is 21.8. The number of nitrogens with one attached hydrogen (secondary N) is 1. The fourth-order valence-electron chi connectivity index (χ4n) is 2.92. The molecular formula is C23H33N3O2. The van der Waals surface area contributed by atoms with Crippen LogP contribution in [0.4, 0.5) is 5.69 Å². The average molecular weight is 384 g/mol. The lowest BCUT2D eigenvalue weighted by Crippen LogP contribution is -2.34. The van der Waals surface area contributed by atoms with Crippen molar-refractivity contribution in [3.63, 3.8) is 0 Å². The van der Waals surface area contributed by atoms with E-state index < -0.39 is 0 Å². The first-order chi connectivity index (χ1) is 13.4. The zero-order chi connectivity index (χ0) is 20.5. The first-order valence-corrected chi connectivity index (χ1v) is 9.87. The van der Waals surface area contributed by atoms with Gasteiger partial charge >= 0.3 is 0 Å². The van der Waals surface area contributed by atoms with Gasteiger partial charge in [0.1, 0.15) is 5.75 Å². The van der Waals surface area contributed by atoms with Crippen LogP contribution in [-0.4, -0.2) is 52.1 Å². The fraction of sp³-hybridized carbons (Fsp3) is 0.435. The van der Waals surface area contributed by atoms with Crippen LogP contribution in [0, 0.1) is 0 Å². The molecular weight excluding hydrogens is 350 g/mol. The summed E-state index contributed by atoms with van der Waals surface area (Å²) in [5.41, 5.74) is 2.98. The van der Waals surface area contributed by atoms with Gasteiger partial charge in [0.15, 0.2) is 0 Å². The highest BCUT2D eigenvalue weighted by atomic mass is 16.5. The van der Waals surface area contributed by atoms with E-state index in [2.05, 4.69) is 46.3 Å². The summed E-state index contributed by atoms with van der Waals surface area (Å²) in [6, 6.07) is 15.9. The van der Waals surface area contributed by atoms with Crippen molar-refractivity contribution in [1.82, 2.24) is 10.2 Å². The number of carbonyl (C=O) groups excluding carboxylic acids is 1. The molecule has 1 atom stereocenters. The Balaban J connectivity index is 1.96. The molecule has 1 N–H and O–H groups in total. The Hall–Kier alpha value is -2.53. The molecule has 0 spiro atoms. The molecule has 1 amide bonds. The first-order valence-electron chi connectivity index (χ1n) is 9.87. The van der Waals surface area contributed by atoms with Crippen LogP contribution in [0.5, 0.6) is 5.75 Å². The molecule has 2 rings (SSSR count). The molecule has 5 nitrogen and oxygen atoms in total. The number of rotatable bonds is 10. The van der Waals surface area contributed by atoms with Crippen LogP contribution in [0.15, 0.2) is 48.5 Å². The second-order valence-corrected chi connectivity index (χ2v) is 7.40. The largest absolute Gasteiger partial charge is 0.494 e. The maximum Gasteiger partial charge on any atom is 0.251 e. The summed E-state index contributed by atoms with van der Waals surface area (Å²) in [5.74, 6) is 0.731. The molecule has 2 aromatic carbocycles. The Bertz CT molecular complexity index is 725. The molecule has 5 heteroatoms. The van der Waals surface area contributed by atoms with Crippen LogP contribution in [0.2, 0.25) is 0 Å². The number of carbonyl (C=O) groups is 1. The molecule has 0 radical (unpaired) electrons. The van der Waals surface area contributed by atoms with Crippen LogP contribution in [0.3, 0.4) is 0 Å². The van der Waals surface area contributed by atoms with Gasteiger partial charge < -0.3 is 19.9 Å².